The Bertz CT molecular complexity index is 198. The van der Waals surface area contributed by atoms with Crippen LogP contribution in [-0.2, 0) is 0 Å². The summed E-state index contributed by atoms with van der Waals surface area (Å²) in [6, 6.07) is 0. The van der Waals surface area contributed by atoms with E-state index < -0.39 is 0 Å². The van der Waals surface area contributed by atoms with Crippen molar-refractivity contribution < 1.29 is 5.11 Å². The summed E-state index contributed by atoms with van der Waals surface area (Å²) in [6.45, 7) is 4.55. The molecule has 76 valence electrons. The molecule has 0 aromatic heterocycles. The van der Waals surface area contributed by atoms with Crippen LogP contribution in [-0.4, -0.2) is 22.2 Å². The van der Waals surface area contributed by atoms with Crippen molar-refractivity contribution in [1.82, 2.24) is 0 Å². The summed E-state index contributed by atoms with van der Waals surface area (Å²) in [4.78, 5) is 0. The zero-order chi connectivity index (χ0) is 9.53. The zero-order valence-electron chi connectivity index (χ0n) is 8.68. The van der Waals surface area contributed by atoms with Crippen LogP contribution in [0.2, 0.25) is 0 Å². The van der Waals surface area contributed by atoms with Crippen LogP contribution in [0.1, 0.15) is 39.5 Å². The highest BCUT2D eigenvalue weighted by molar-refractivity contribution is 7.99. The van der Waals surface area contributed by atoms with E-state index >= 15 is 0 Å². The van der Waals surface area contributed by atoms with E-state index in [1.165, 1.54) is 18.6 Å². The van der Waals surface area contributed by atoms with Crippen molar-refractivity contribution >= 4 is 11.8 Å². The Balaban J connectivity index is 1.95. The monoisotopic (exact) mass is 200 g/mol. The van der Waals surface area contributed by atoms with Crippen molar-refractivity contribution in [3.05, 3.63) is 0 Å². The van der Waals surface area contributed by atoms with Crippen LogP contribution in [0, 0.1) is 11.3 Å². The van der Waals surface area contributed by atoms with E-state index in [-0.39, 0.29) is 5.60 Å². The summed E-state index contributed by atoms with van der Waals surface area (Å²) in [5, 5.41) is 10.4. The minimum Gasteiger partial charge on any atom is -0.389 e. The van der Waals surface area contributed by atoms with Gasteiger partial charge in [-0.15, -0.1) is 0 Å². The smallest absolute Gasteiger partial charge is 0.0745 e. The molecule has 2 rings (SSSR count). The third kappa shape index (κ3) is 2.63. The van der Waals surface area contributed by atoms with Gasteiger partial charge < -0.3 is 5.11 Å². The van der Waals surface area contributed by atoms with E-state index in [4.69, 9.17) is 0 Å². The first-order valence-corrected chi connectivity index (χ1v) is 6.45. The van der Waals surface area contributed by atoms with E-state index in [2.05, 4.69) is 13.8 Å². The lowest BCUT2D eigenvalue weighted by molar-refractivity contribution is 0.00718. The molecule has 0 spiro atoms. The summed E-state index contributed by atoms with van der Waals surface area (Å²) in [5.41, 5.74) is 0.000139. The zero-order valence-corrected chi connectivity index (χ0v) is 9.49. The molecule has 1 nitrogen and oxygen atoms in total. The topological polar surface area (TPSA) is 20.2 Å². The Morgan fingerprint density at radius 3 is 2.54 bits per heavy atom. The molecular formula is C11H20OS. The van der Waals surface area contributed by atoms with Crippen molar-refractivity contribution in [1.29, 1.82) is 0 Å². The van der Waals surface area contributed by atoms with Crippen LogP contribution >= 0.6 is 11.8 Å². The fourth-order valence-corrected chi connectivity index (χ4v) is 3.86. The minimum absolute atomic E-state index is 0.340. The highest BCUT2D eigenvalue weighted by Gasteiger charge is 2.42. The minimum atomic E-state index is -0.340. The van der Waals surface area contributed by atoms with Gasteiger partial charge in [-0.2, -0.15) is 11.8 Å². The Morgan fingerprint density at radius 1 is 1.31 bits per heavy atom. The molecule has 1 saturated heterocycles. The molecule has 0 radical (unpaired) electrons. The molecule has 0 amide bonds. The lowest BCUT2D eigenvalue weighted by Gasteiger charge is -2.41. The molecule has 0 aromatic rings. The number of aliphatic hydroxyl groups is 1. The third-order valence-corrected chi connectivity index (χ3v) is 4.76. The SMILES string of the molecule is CC1(C)CSCC(O)(CC2CC2)C1. The quantitative estimate of drug-likeness (QED) is 0.739. The number of hydrogen-bond acceptors (Lipinski definition) is 2. The second kappa shape index (κ2) is 3.16. The van der Waals surface area contributed by atoms with Crippen LogP contribution in [0.5, 0.6) is 0 Å². The van der Waals surface area contributed by atoms with Gasteiger partial charge in [0.25, 0.3) is 0 Å². The maximum Gasteiger partial charge on any atom is 0.0745 e. The maximum atomic E-state index is 10.4. The molecule has 2 heteroatoms. The van der Waals surface area contributed by atoms with Crippen LogP contribution < -0.4 is 0 Å². The number of rotatable bonds is 2. The van der Waals surface area contributed by atoms with Gasteiger partial charge in [-0.25, -0.2) is 0 Å². The molecule has 1 unspecified atom stereocenters. The van der Waals surface area contributed by atoms with Crippen molar-refractivity contribution in [3.63, 3.8) is 0 Å². The van der Waals surface area contributed by atoms with Crippen LogP contribution in [0.15, 0.2) is 0 Å². The van der Waals surface area contributed by atoms with E-state index in [0.717, 1.165) is 24.5 Å². The fourth-order valence-electron chi connectivity index (χ4n) is 2.50. The Morgan fingerprint density at radius 2 is 2.00 bits per heavy atom. The van der Waals surface area contributed by atoms with Crippen LogP contribution in [0.25, 0.3) is 0 Å². The fraction of sp³-hybridized carbons (Fsp3) is 1.00. The lowest BCUT2D eigenvalue weighted by Crippen LogP contribution is -2.42. The first-order chi connectivity index (χ1) is 5.99. The lowest BCUT2D eigenvalue weighted by atomic mass is 9.79. The first-order valence-electron chi connectivity index (χ1n) is 5.29. The Kier molecular flexibility index (Phi) is 2.40. The maximum absolute atomic E-state index is 10.4. The molecule has 13 heavy (non-hydrogen) atoms. The highest BCUT2D eigenvalue weighted by Crippen LogP contribution is 2.46. The summed E-state index contributed by atoms with van der Waals surface area (Å²) in [7, 11) is 0. The van der Waals surface area contributed by atoms with Gasteiger partial charge in [-0.3, -0.25) is 0 Å². The van der Waals surface area contributed by atoms with Crippen LogP contribution in [0.4, 0.5) is 0 Å². The van der Waals surface area contributed by atoms with Crippen LogP contribution in [0.3, 0.4) is 0 Å². The van der Waals surface area contributed by atoms with Gasteiger partial charge in [0.15, 0.2) is 0 Å². The van der Waals surface area contributed by atoms with Gasteiger partial charge in [0.1, 0.15) is 0 Å². The van der Waals surface area contributed by atoms with Crippen molar-refractivity contribution in [3.8, 4) is 0 Å². The predicted molar refractivity (Wildman–Crippen MR) is 58.0 cm³/mol. The van der Waals surface area contributed by atoms with E-state index in [1.54, 1.807) is 0 Å². The van der Waals surface area contributed by atoms with Gasteiger partial charge in [0.05, 0.1) is 5.60 Å². The van der Waals surface area contributed by atoms with Crippen molar-refractivity contribution in [2.24, 2.45) is 11.3 Å². The summed E-state index contributed by atoms with van der Waals surface area (Å²) in [6.07, 6.45) is 4.77. The molecular weight excluding hydrogens is 180 g/mol. The molecule has 1 aliphatic heterocycles. The average molecular weight is 200 g/mol. The number of thioether (sulfide) groups is 1. The van der Waals surface area contributed by atoms with E-state index in [9.17, 15) is 5.11 Å². The molecule has 1 aliphatic carbocycles. The van der Waals surface area contributed by atoms with E-state index in [0.29, 0.717) is 5.41 Å². The average Bonchev–Trinajstić information content (AvgIpc) is 2.67. The molecule has 0 bridgehead atoms. The largest absolute Gasteiger partial charge is 0.389 e. The first kappa shape index (κ1) is 9.85. The summed E-state index contributed by atoms with van der Waals surface area (Å²) in [5.74, 6) is 3.02. The molecule has 2 aliphatic rings. The van der Waals surface area contributed by atoms with Gasteiger partial charge in [-0.1, -0.05) is 26.7 Å². The normalized spacial score (nSPS) is 39.0. The van der Waals surface area contributed by atoms with Gasteiger partial charge >= 0.3 is 0 Å². The van der Waals surface area contributed by atoms with E-state index in [1.807, 2.05) is 11.8 Å². The second-order valence-electron chi connectivity index (χ2n) is 5.71. The molecule has 1 saturated carbocycles. The Hall–Kier alpha value is 0.310. The van der Waals surface area contributed by atoms with Crippen molar-refractivity contribution in [2.45, 2.75) is 45.1 Å². The summed E-state index contributed by atoms with van der Waals surface area (Å²) < 4.78 is 0. The Labute approximate surface area is 85.3 Å². The highest BCUT2D eigenvalue weighted by atomic mass is 32.2. The predicted octanol–water partition coefficient (Wildman–Crippen LogP) is 2.68. The standard InChI is InChI=1S/C11H20OS/c1-10(2)6-11(12,8-13-7-10)5-9-3-4-9/h9,12H,3-8H2,1-2H3. The van der Waals surface area contributed by atoms with Gasteiger partial charge in [0.2, 0.25) is 0 Å². The second-order valence-corrected chi connectivity index (χ2v) is 6.69. The molecule has 2 fully saturated rings. The van der Waals surface area contributed by atoms with Gasteiger partial charge in [0, 0.05) is 5.75 Å². The number of hydrogen-bond donors (Lipinski definition) is 1. The molecule has 1 atom stereocenters. The van der Waals surface area contributed by atoms with Crippen molar-refractivity contribution in [2.75, 3.05) is 11.5 Å². The van der Waals surface area contributed by atoms with Gasteiger partial charge in [-0.05, 0) is 29.9 Å². The molecule has 0 aromatic carbocycles. The molecule has 1 heterocycles. The summed E-state index contributed by atoms with van der Waals surface area (Å²) >= 11 is 1.93. The molecule has 1 N–H and O–H groups in total. The third-order valence-electron chi connectivity index (χ3n) is 3.04.